The molecule has 1 aromatic heterocycles. The van der Waals surface area contributed by atoms with Crippen molar-refractivity contribution in [1.29, 1.82) is 0 Å². The van der Waals surface area contributed by atoms with Gasteiger partial charge in [0.05, 0.1) is 6.42 Å². The average molecular weight is 330 g/mol. The van der Waals surface area contributed by atoms with Crippen molar-refractivity contribution in [2.45, 2.75) is 33.1 Å². The fourth-order valence-electron chi connectivity index (χ4n) is 2.97. The lowest BCUT2D eigenvalue weighted by molar-refractivity contribution is -0.120. The van der Waals surface area contributed by atoms with Gasteiger partial charge < -0.3 is 15.4 Å². The molecule has 5 heteroatoms. The van der Waals surface area contributed by atoms with Crippen LogP contribution in [0.4, 0.5) is 0 Å². The van der Waals surface area contributed by atoms with Crippen LogP contribution < -0.4 is 10.9 Å². The molecule has 5 nitrogen and oxygen atoms in total. The number of para-hydroxylation sites is 1. The van der Waals surface area contributed by atoms with Crippen LogP contribution in [0.5, 0.6) is 0 Å². The summed E-state index contributed by atoms with van der Waals surface area (Å²) >= 11 is 0. The van der Waals surface area contributed by atoms with Gasteiger partial charge in [-0.1, -0.05) is 32.0 Å². The first-order valence-electron chi connectivity index (χ1n) is 8.48. The first-order valence-corrected chi connectivity index (χ1v) is 8.48. The third-order valence-electron chi connectivity index (χ3n) is 4.11. The minimum Gasteiger partial charge on any atom is -0.396 e. The van der Waals surface area contributed by atoms with Crippen LogP contribution in [-0.4, -0.2) is 29.1 Å². The van der Waals surface area contributed by atoms with Gasteiger partial charge in [0, 0.05) is 24.2 Å². The number of benzene rings is 1. The Morgan fingerprint density at radius 3 is 2.75 bits per heavy atom. The van der Waals surface area contributed by atoms with Crippen LogP contribution in [0.3, 0.4) is 0 Å². The normalized spacial score (nSPS) is 12.5. The Balaban J connectivity index is 1.99. The molecule has 0 aliphatic heterocycles. The molecule has 3 N–H and O–H groups in total. The fourth-order valence-corrected chi connectivity index (χ4v) is 2.97. The van der Waals surface area contributed by atoms with Crippen molar-refractivity contribution in [3.8, 4) is 0 Å². The molecule has 1 atom stereocenters. The summed E-state index contributed by atoms with van der Waals surface area (Å²) in [5.74, 6) is 0.609. The van der Waals surface area contributed by atoms with Gasteiger partial charge in [-0.3, -0.25) is 9.59 Å². The molecule has 0 fully saturated rings. The van der Waals surface area contributed by atoms with Crippen LogP contribution in [0.15, 0.2) is 35.1 Å². The number of carbonyl (C=O) groups is 1. The summed E-state index contributed by atoms with van der Waals surface area (Å²) in [5, 5.41) is 12.9. The average Bonchev–Trinajstić information content (AvgIpc) is 2.53. The number of rotatable bonds is 8. The maximum Gasteiger partial charge on any atom is 0.252 e. The van der Waals surface area contributed by atoms with E-state index < -0.39 is 0 Å². The van der Waals surface area contributed by atoms with Gasteiger partial charge >= 0.3 is 0 Å². The number of aliphatic hydroxyl groups is 1. The summed E-state index contributed by atoms with van der Waals surface area (Å²) in [4.78, 5) is 27.1. The van der Waals surface area contributed by atoms with E-state index in [-0.39, 0.29) is 30.4 Å². The Hall–Kier alpha value is -2.14. The van der Waals surface area contributed by atoms with Gasteiger partial charge in [-0.25, -0.2) is 0 Å². The van der Waals surface area contributed by atoms with Crippen LogP contribution in [0.1, 0.15) is 32.3 Å². The van der Waals surface area contributed by atoms with E-state index in [1.54, 1.807) is 6.07 Å². The molecule has 0 saturated heterocycles. The molecule has 0 radical (unpaired) electrons. The first kappa shape index (κ1) is 18.2. The lowest BCUT2D eigenvalue weighted by Crippen LogP contribution is -2.32. The van der Waals surface area contributed by atoms with E-state index in [2.05, 4.69) is 24.1 Å². The summed E-state index contributed by atoms with van der Waals surface area (Å²) in [7, 11) is 0. The van der Waals surface area contributed by atoms with E-state index in [1.807, 2.05) is 24.3 Å². The van der Waals surface area contributed by atoms with Crippen molar-refractivity contribution in [3.05, 3.63) is 46.2 Å². The SMILES string of the molecule is CC(C)CC(CCO)CNC(=O)Cc1cc2ccccc2[nH]c1=O. The minimum absolute atomic E-state index is 0.0632. The largest absolute Gasteiger partial charge is 0.396 e. The third-order valence-corrected chi connectivity index (χ3v) is 4.11. The number of amides is 1. The summed E-state index contributed by atoms with van der Waals surface area (Å²) < 4.78 is 0. The maximum absolute atomic E-state index is 12.2. The quantitative estimate of drug-likeness (QED) is 0.694. The number of hydrogen-bond donors (Lipinski definition) is 3. The first-order chi connectivity index (χ1) is 11.5. The molecule has 1 unspecified atom stereocenters. The Morgan fingerprint density at radius 1 is 1.29 bits per heavy atom. The van der Waals surface area contributed by atoms with Crippen molar-refractivity contribution in [1.82, 2.24) is 10.3 Å². The Kier molecular flexibility index (Phi) is 6.55. The molecule has 0 aliphatic carbocycles. The number of nitrogens with one attached hydrogen (secondary N) is 2. The van der Waals surface area contributed by atoms with Crippen LogP contribution >= 0.6 is 0 Å². The summed E-state index contributed by atoms with van der Waals surface area (Å²) in [6.45, 7) is 4.91. The van der Waals surface area contributed by atoms with Gasteiger partial charge in [-0.2, -0.15) is 0 Å². The molecule has 1 amide bonds. The van der Waals surface area contributed by atoms with E-state index in [1.165, 1.54) is 0 Å². The van der Waals surface area contributed by atoms with Crippen molar-refractivity contribution in [3.63, 3.8) is 0 Å². The minimum atomic E-state index is -0.224. The number of aromatic amines is 1. The number of aliphatic hydroxyl groups excluding tert-OH is 1. The number of fused-ring (bicyclic) bond motifs is 1. The van der Waals surface area contributed by atoms with E-state index in [0.29, 0.717) is 24.4 Å². The summed E-state index contributed by atoms with van der Waals surface area (Å²) in [6, 6.07) is 9.28. The fraction of sp³-hybridized carbons (Fsp3) is 0.474. The lowest BCUT2D eigenvalue weighted by atomic mass is 9.94. The van der Waals surface area contributed by atoms with E-state index in [4.69, 9.17) is 5.11 Å². The molecule has 1 aromatic carbocycles. The predicted octanol–water partition coefficient (Wildman–Crippen LogP) is 2.23. The van der Waals surface area contributed by atoms with Crippen LogP contribution in [-0.2, 0) is 11.2 Å². The highest BCUT2D eigenvalue weighted by Crippen LogP contribution is 2.14. The lowest BCUT2D eigenvalue weighted by Gasteiger charge is -2.18. The van der Waals surface area contributed by atoms with Gasteiger partial charge in [0.15, 0.2) is 0 Å². The monoisotopic (exact) mass is 330 g/mol. The van der Waals surface area contributed by atoms with Gasteiger partial charge in [0.1, 0.15) is 0 Å². The third kappa shape index (κ3) is 5.20. The number of carbonyl (C=O) groups excluding carboxylic acids is 1. The van der Waals surface area contributed by atoms with E-state index >= 15 is 0 Å². The second-order valence-electron chi connectivity index (χ2n) is 6.70. The topological polar surface area (TPSA) is 82.2 Å². The van der Waals surface area contributed by atoms with Crippen molar-refractivity contribution < 1.29 is 9.90 Å². The number of H-pyrrole nitrogens is 1. The van der Waals surface area contributed by atoms with Gasteiger partial charge in [0.2, 0.25) is 5.91 Å². The Bertz CT molecular complexity index is 737. The highest BCUT2D eigenvalue weighted by atomic mass is 16.3. The standard InChI is InChI=1S/C19H26N2O3/c1-13(2)9-14(7-8-22)12-20-18(23)11-16-10-15-5-3-4-6-17(15)21-19(16)24/h3-6,10,13-14,22H,7-9,11-12H2,1-2H3,(H,20,23)(H,21,24). The second kappa shape index (κ2) is 8.64. The van der Waals surface area contributed by atoms with Gasteiger partial charge in [-0.05, 0) is 42.2 Å². The molecule has 0 spiro atoms. The van der Waals surface area contributed by atoms with E-state index in [9.17, 15) is 9.59 Å². The predicted molar refractivity (Wildman–Crippen MR) is 95.9 cm³/mol. The Morgan fingerprint density at radius 2 is 2.04 bits per heavy atom. The molecule has 2 aromatic rings. The zero-order valence-electron chi connectivity index (χ0n) is 14.3. The maximum atomic E-state index is 12.2. The van der Waals surface area contributed by atoms with Gasteiger partial charge in [0.25, 0.3) is 5.56 Å². The highest BCUT2D eigenvalue weighted by molar-refractivity contribution is 5.82. The van der Waals surface area contributed by atoms with Gasteiger partial charge in [-0.15, -0.1) is 0 Å². The van der Waals surface area contributed by atoms with Crippen LogP contribution in [0.25, 0.3) is 10.9 Å². The summed E-state index contributed by atoms with van der Waals surface area (Å²) in [5.41, 5.74) is 1.01. The molecule has 130 valence electrons. The molecular weight excluding hydrogens is 304 g/mol. The molecule has 1 heterocycles. The molecule has 0 saturated carbocycles. The molecular formula is C19H26N2O3. The molecule has 24 heavy (non-hydrogen) atoms. The number of aromatic nitrogens is 1. The molecule has 2 rings (SSSR count). The van der Waals surface area contributed by atoms with Crippen LogP contribution in [0.2, 0.25) is 0 Å². The zero-order valence-corrected chi connectivity index (χ0v) is 14.3. The van der Waals surface area contributed by atoms with Crippen LogP contribution in [0, 0.1) is 11.8 Å². The van der Waals surface area contributed by atoms with Crippen molar-refractivity contribution in [2.75, 3.05) is 13.2 Å². The Labute approximate surface area is 142 Å². The van der Waals surface area contributed by atoms with Crippen molar-refractivity contribution in [2.24, 2.45) is 11.8 Å². The molecule has 0 aliphatic rings. The number of pyridine rings is 1. The second-order valence-corrected chi connectivity index (χ2v) is 6.70. The zero-order chi connectivity index (χ0) is 17.5. The summed E-state index contributed by atoms with van der Waals surface area (Å²) in [6.07, 6.45) is 1.69. The molecule has 0 bridgehead atoms. The van der Waals surface area contributed by atoms with Crippen molar-refractivity contribution >= 4 is 16.8 Å². The van der Waals surface area contributed by atoms with E-state index in [0.717, 1.165) is 17.3 Å². The highest BCUT2D eigenvalue weighted by Gasteiger charge is 2.13. The number of hydrogen-bond acceptors (Lipinski definition) is 3. The smallest absolute Gasteiger partial charge is 0.252 e.